The minimum Gasteiger partial charge on any atom is -0.314 e. The number of unbranched alkanes of at least 4 members (excludes halogenated alkanes) is 2. The van der Waals surface area contributed by atoms with Crippen molar-refractivity contribution in [2.45, 2.75) is 70.9 Å². The fourth-order valence-electron chi connectivity index (χ4n) is 2.55. The third-order valence-corrected chi connectivity index (χ3v) is 3.90. The predicted molar refractivity (Wildman–Crippen MR) is 71.9 cm³/mol. The average Bonchev–Trinajstić information content (AvgIpc) is 2.30. The van der Waals surface area contributed by atoms with Crippen LogP contribution in [0.25, 0.3) is 0 Å². The summed E-state index contributed by atoms with van der Waals surface area (Å²) in [4.78, 5) is 2.53. The molecule has 0 aliphatic carbocycles. The Bertz CT molecular complexity index is 164. The summed E-state index contributed by atoms with van der Waals surface area (Å²) in [6, 6.07) is 1.50. The van der Waals surface area contributed by atoms with Gasteiger partial charge in [0.25, 0.3) is 0 Å². The Balaban J connectivity index is 2.14. The molecule has 1 N–H and O–H groups in total. The molecule has 0 bridgehead atoms. The highest BCUT2D eigenvalue weighted by atomic mass is 15.1. The lowest BCUT2D eigenvalue weighted by atomic mass is 9.98. The van der Waals surface area contributed by atoms with Crippen molar-refractivity contribution in [3.8, 4) is 0 Å². The van der Waals surface area contributed by atoms with Gasteiger partial charge in [-0.25, -0.2) is 0 Å². The molecule has 2 unspecified atom stereocenters. The predicted octanol–water partition coefficient (Wildman–Crippen LogP) is 3.03. The number of hydrogen-bond acceptors (Lipinski definition) is 2. The smallest absolute Gasteiger partial charge is 0.00818 e. The van der Waals surface area contributed by atoms with E-state index in [0.717, 1.165) is 12.1 Å². The maximum Gasteiger partial charge on any atom is 0.00818 e. The van der Waals surface area contributed by atoms with Gasteiger partial charge in [-0.2, -0.15) is 0 Å². The molecule has 2 atom stereocenters. The summed E-state index contributed by atoms with van der Waals surface area (Å²) >= 11 is 0. The van der Waals surface area contributed by atoms with Crippen LogP contribution in [0.4, 0.5) is 0 Å². The van der Waals surface area contributed by atoms with E-state index >= 15 is 0 Å². The molecule has 16 heavy (non-hydrogen) atoms. The molecule has 1 rings (SSSR count). The van der Waals surface area contributed by atoms with Gasteiger partial charge in [-0.05, 0) is 52.7 Å². The largest absolute Gasteiger partial charge is 0.314 e. The summed E-state index contributed by atoms with van der Waals surface area (Å²) in [6.45, 7) is 7.15. The normalized spacial score (nSPS) is 23.6. The summed E-state index contributed by atoms with van der Waals surface area (Å²) in [5.74, 6) is 0. The van der Waals surface area contributed by atoms with Crippen molar-refractivity contribution < 1.29 is 0 Å². The zero-order valence-electron chi connectivity index (χ0n) is 11.5. The first-order valence-corrected chi connectivity index (χ1v) is 7.17. The van der Waals surface area contributed by atoms with Crippen LogP contribution in [-0.2, 0) is 0 Å². The van der Waals surface area contributed by atoms with Crippen molar-refractivity contribution in [2.24, 2.45) is 0 Å². The number of nitrogens with zero attached hydrogens (tertiary/aromatic N) is 1. The van der Waals surface area contributed by atoms with Gasteiger partial charge in [-0.3, -0.25) is 0 Å². The molecular formula is C14H30N2. The summed E-state index contributed by atoms with van der Waals surface area (Å²) in [6.07, 6.45) is 9.55. The van der Waals surface area contributed by atoms with Crippen LogP contribution in [0.2, 0.25) is 0 Å². The molecule has 2 heteroatoms. The zero-order chi connectivity index (χ0) is 11.8. The molecule has 1 heterocycles. The standard InChI is InChI=1S/C14H30N2/c1-4-5-8-11-16(3)13(2)12-14-9-6-7-10-15-14/h13-15H,4-12H2,1-3H3. The molecule has 1 fully saturated rings. The van der Waals surface area contributed by atoms with Crippen LogP contribution in [0.5, 0.6) is 0 Å². The Hall–Kier alpha value is -0.0800. The van der Waals surface area contributed by atoms with E-state index in [4.69, 9.17) is 0 Å². The maximum absolute atomic E-state index is 3.65. The highest BCUT2D eigenvalue weighted by Crippen LogP contribution is 2.14. The maximum atomic E-state index is 3.65. The summed E-state index contributed by atoms with van der Waals surface area (Å²) < 4.78 is 0. The number of rotatable bonds is 7. The fourth-order valence-corrected chi connectivity index (χ4v) is 2.55. The second kappa shape index (κ2) is 8.08. The van der Waals surface area contributed by atoms with Crippen molar-refractivity contribution in [3.05, 3.63) is 0 Å². The van der Waals surface area contributed by atoms with Gasteiger partial charge in [0, 0.05) is 12.1 Å². The first-order chi connectivity index (χ1) is 7.74. The Labute approximate surface area is 102 Å². The van der Waals surface area contributed by atoms with Gasteiger partial charge in [0.15, 0.2) is 0 Å². The van der Waals surface area contributed by atoms with Gasteiger partial charge in [-0.1, -0.05) is 26.2 Å². The monoisotopic (exact) mass is 226 g/mol. The van der Waals surface area contributed by atoms with Crippen molar-refractivity contribution >= 4 is 0 Å². The van der Waals surface area contributed by atoms with Crippen molar-refractivity contribution in [1.29, 1.82) is 0 Å². The van der Waals surface area contributed by atoms with Crippen molar-refractivity contribution in [3.63, 3.8) is 0 Å². The quantitative estimate of drug-likeness (QED) is 0.671. The van der Waals surface area contributed by atoms with E-state index in [1.54, 1.807) is 0 Å². The van der Waals surface area contributed by atoms with Crippen molar-refractivity contribution in [2.75, 3.05) is 20.1 Å². The van der Waals surface area contributed by atoms with E-state index in [1.807, 2.05) is 0 Å². The lowest BCUT2D eigenvalue weighted by molar-refractivity contribution is 0.213. The van der Waals surface area contributed by atoms with E-state index < -0.39 is 0 Å². The second-order valence-electron chi connectivity index (χ2n) is 5.42. The average molecular weight is 226 g/mol. The molecule has 1 aliphatic heterocycles. The fraction of sp³-hybridized carbons (Fsp3) is 1.00. The third kappa shape index (κ3) is 5.31. The van der Waals surface area contributed by atoms with Gasteiger partial charge < -0.3 is 10.2 Å². The van der Waals surface area contributed by atoms with Crippen LogP contribution in [0, 0.1) is 0 Å². The van der Waals surface area contributed by atoms with E-state index in [0.29, 0.717) is 0 Å². The Morgan fingerprint density at radius 3 is 2.75 bits per heavy atom. The van der Waals surface area contributed by atoms with Gasteiger partial charge >= 0.3 is 0 Å². The number of piperidine rings is 1. The highest BCUT2D eigenvalue weighted by molar-refractivity contribution is 4.77. The molecule has 0 amide bonds. The van der Waals surface area contributed by atoms with E-state index in [9.17, 15) is 0 Å². The summed E-state index contributed by atoms with van der Waals surface area (Å²) in [7, 11) is 2.28. The van der Waals surface area contributed by atoms with Gasteiger partial charge in [0.05, 0.1) is 0 Å². The third-order valence-electron chi connectivity index (χ3n) is 3.90. The van der Waals surface area contributed by atoms with Gasteiger partial charge in [0.2, 0.25) is 0 Å². The van der Waals surface area contributed by atoms with Gasteiger partial charge in [-0.15, -0.1) is 0 Å². The molecule has 1 saturated heterocycles. The van der Waals surface area contributed by atoms with Crippen LogP contribution in [0.15, 0.2) is 0 Å². The summed E-state index contributed by atoms with van der Waals surface area (Å²) in [5, 5.41) is 3.65. The zero-order valence-corrected chi connectivity index (χ0v) is 11.5. The van der Waals surface area contributed by atoms with Crippen LogP contribution >= 0.6 is 0 Å². The van der Waals surface area contributed by atoms with Crippen LogP contribution < -0.4 is 5.32 Å². The SMILES string of the molecule is CCCCCN(C)C(C)CC1CCCCN1. The number of hydrogen-bond donors (Lipinski definition) is 1. The van der Waals surface area contributed by atoms with E-state index in [-0.39, 0.29) is 0 Å². The molecule has 96 valence electrons. The van der Waals surface area contributed by atoms with Gasteiger partial charge in [0.1, 0.15) is 0 Å². The minimum absolute atomic E-state index is 0.729. The molecule has 0 aromatic carbocycles. The molecule has 0 saturated carbocycles. The molecule has 1 aliphatic rings. The second-order valence-corrected chi connectivity index (χ2v) is 5.42. The highest BCUT2D eigenvalue weighted by Gasteiger charge is 2.17. The lowest BCUT2D eigenvalue weighted by Gasteiger charge is -2.31. The van der Waals surface area contributed by atoms with Crippen LogP contribution in [-0.4, -0.2) is 37.1 Å². The Morgan fingerprint density at radius 1 is 1.31 bits per heavy atom. The minimum atomic E-state index is 0.729. The van der Waals surface area contributed by atoms with Crippen LogP contribution in [0.1, 0.15) is 58.8 Å². The van der Waals surface area contributed by atoms with Crippen LogP contribution in [0.3, 0.4) is 0 Å². The van der Waals surface area contributed by atoms with E-state index in [1.165, 1.54) is 58.0 Å². The molecule has 2 nitrogen and oxygen atoms in total. The molecule has 0 spiro atoms. The molecule has 0 radical (unpaired) electrons. The molecule has 0 aromatic rings. The Morgan fingerprint density at radius 2 is 2.12 bits per heavy atom. The topological polar surface area (TPSA) is 15.3 Å². The van der Waals surface area contributed by atoms with Crippen molar-refractivity contribution in [1.82, 2.24) is 10.2 Å². The Kier molecular flexibility index (Phi) is 7.06. The summed E-state index contributed by atoms with van der Waals surface area (Å²) in [5.41, 5.74) is 0. The lowest BCUT2D eigenvalue weighted by Crippen LogP contribution is -2.40. The first kappa shape index (κ1) is 14.0. The molecular weight excluding hydrogens is 196 g/mol. The number of nitrogens with one attached hydrogen (secondary N) is 1. The first-order valence-electron chi connectivity index (χ1n) is 7.17. The van der Waals surface area contributed by atoms with E-state index in [2.05, 4.69) is 31.1 Å². The molecule has 0 aromatic heterocycles.